The quantitative estimate of drug-likeness (QED) is 0.170. The number of rotatable bonds is 7. The van der Waals surface area contributed by atoms with Crippen molar-refractivity contribution < 1.29 is 0 Å². The lowest BCUT2D eigenvalue weighted by Gasteiger charge is -2.26. The lowest BCUT2D eigenvalue weighted by molar-refractivity contribution is 1.28. The number of aromatic nitrogens is 1. The number of anilines is 3. The van der Waals surface area contributed by atoms with Crippen molar-refractivity contribution in [2.24, 2.45) is 0 Å². The number of nitrogens with zero attached hydrogens (tertiary/aromatic N) is 2. The molecular formula is C47H32N2S. The first kappa shape index (κ1) is 29.8. The summed E-state index contributed by atoms with van der Waals surface area (Å²) in [5.41, 5.74) is 13.0. The molecule has 0 saturated carbocycles. The molecule has 0 aliphatic heterocycles. The van der Waals surface area contributed by atoms with Crippen LogP contribution in [0.15, 0.2) is 194 Å². The average molecular weight is 657 g/mol. The summed E-state index contributed by atoms with van der Waals surface area (Å²) >= 11 is 1.82. The van der Waals surface area contributed by atoms with Crippen LogP contribution in [0.5, 0.6) is 0 Å². The Balaban J connectivity index is 1.07. The molecule has 0 unspecified atom stereocenters. The molecule has 0 fully saturated rings. The summed E-state index contributed by atoms with van der Waals surface area (Å²) < 4.78 is 2.52. The van der Waals surface area contributed by atoms with E-state index in [2.05, 4.69) is 192 Å². The zero-order valence-electron chi connectivity index (χ0n) is 27.3. The van der Waals surface area contributed by atoms with Crippen molar-refractivity contribution >= 4 is 48.6 Å². The van der Waals surface area contributed by atoms with Crippen LogP contribution in [0.1, 0.15) is 0 Å². The Morgan fingerprint density at radius 1 is 0.380 bits per heavy atom. The van der Waals surface area contributed by atoms with Crippen LogP contribution in [-0.2, 0) is 0 Å². The molecule has 2 aromatic heterocycles. The molecule has 7 aromatic carbocycles. The zero-order valence-corrected chi connectivity index (χ0v) is 28.1. The highest BCUT2D eigenvalue weighted by Gasteiger charge is 2.15. The van der Waals surface area contributed by atoms with Gasteiger partial charge in [-0.1, -0.05) is 133 Å². The van der Waals surface area contributed by atoms with Gasteiger partial charge in [0.15, 0.2) is 0 Å². The molecule has 9 rings (SSSR count). The minimum absolute atomic E-state index is 1.11. The molecule has 3 heteroatoms. The maximum atomic E-state index is 4.36. The summed E-state index contributed by atoms with van der Waals surface area (Å²) in [6, 6.07) is 65.4. The second-order valence-corrected chi connectivity index (χ2v) is 13.5. The number of pyridine rings is 1. The van der Waals surface area contributed by atoms with Gasteiger partial charge in [-0.2, -0.15) is 0 Å². The molecule has 0 radical (unpaired) electrons. The lowest BCUT2D eigenvalue weighted by atomic mass is 9.97. The van der Waals surface area contributed by atoms with Crippen LogP contribution in [0.4, 0.5) is 17.1 Å². The molecule has 236 valence electrons. The molecule has 0 amide bonds. The minimum atomic E-state index is 1.11. The first-order valence-electron chi connectivity index (χ1n) is 16.9. The normalized spacial score (nSPS) is 11.2. The van der Waals surface area contributed by atoms with Crippen LogP contribution >= 0.6 is 11.3 Å². The van der Waals surface area contributed by atoms with Crippen molar-refractivity contribution in [1.82, 2.24) is 4.98 Å². The van der Waals surface area contributed by atoms with E-state index in [9.17, 15) is 0 Å². The summed E-state index contributed by atoms with van der Waals surface area (Å²) in [5, 5.41) is 2.55. The standard InChI is InChI=1S/C47H32N2S/c1-3-9-33(10-4-1)35-17-23-40(24-18-35)49(41-25-19-36(20-26-41)34-11-5-2-6-12-34)42-27-21-37(22-28-42)38-13-7-14-39(31-38)43-15-8-16-45-44-29-30-48-32-46(44)50-47(43)45/h1-32H. The summed E-state index contributed by atoms with van der Waals surface area (Å²) in [6.07, 6.45) is 3.85. The average Bonchev–Trinajstić information content (AvgIpc) is 3.59. The number of benzene rings is 7. The molecule has 2 nitrogen and oxygen atoms in total. The summed E-state index contributed by atoms with van der Waals surface area (Å²) in [6.45, 7) is 0. The Hall–Kier alpha value is -6.29. The van der Waals surface area contributed by atoms with E-state index in [0.29, 0.717) is 0 Å². The highest BCUT2D eigenvalue weighted by atomic mass is 32.1. The van der Waals surface area contributed by atoms with Gasteiger partial charge in [0.05, 0.1) is 4.70 Å². The molecule has 2 heterocycles. The van der Waals surface area contributed by atoms with Gasteiger partial charge >= 0.3 is 0 Å². The van der Waals surface area contributed by atoms with Gasteiger partial charge in [-0.05, 0) is 93.0 Å². The van der Waals surface area contributed by atoms with E-state index >= 15 is 0 Å². The second kappa shape index (κ2) is 13.0. The summed E-state index contributed by atoms with van der Waals surface area (Å²) in [4.78, 5) is 6.70. The monoisotopic (exact) mass is 656 g/mol. The number of thiophene rings is 1. The zero-order chi connectivity index (χ0) is 33.3. The minimum Gasteiger partial charge on any atom is -0.311 e. The maximum Gasteiger partial charge on any atom is 0.0538 e. The van der Waals surface area contributed by atoms with Crippen LogP contribution in [0.25, 0.3) is 64.7 Å². The smallest absolute Gasteiger partial charge is 0.0538 e. The Morgan fingerprint density at radius 3 is 1.44 bits per heavy atom. The Labute approximate surface area is 296 Å². The number of fused-ring (bicyclic) bond motifs is 3. The van der Waals surface area contributed by atoms with Crippen molar-refractivity contribution in [3.63, 3.8) is 0 Å². The van der Waals surface area contributed by atoms with E-state index in [0.717, 1.165) is 17.1 Å². The van der Waals surface area contributed by atoms with E-state index in [1.54, 1.807) is 0 Å². The molecule has 50 heavy (non-hydrogen) atoms. The third-order valence-electron chi connectivity index (χ3n) is 9.40. The highest BCUT2D eigenvalue weighted by molar-refractivity contribution is 7.26. The SMILES string of the molecule is c1ccc(-c2ccc(N(c3ccc(-c4ccccc4)cc3)c3ccc(-c4cccc(-c5cccc6c5sc5cnccc56)c4)cc3)cc2)cc1. The maximum absolute atomic E-state index is 4.36. The van der Waals surface area contributed by atoms with Crippen LogP contribution in [-0.4, -0.2) is 4.98 Å². The van der Waals surface area contributed by atoms with E-state index in [1.807, 2.05) is 23.7 Å². The molecule has 0 atom stereocenters. The Kier molecular flexibility index (Phi) is 7.73. The van der Waals surface area contributed by atoms with Gasteiger partial charge in [0.1, 0.15) is 0 Å². The molecule has 0 aliphatic rings. The highest BCUT2D eigenvalue weighted by Crippen LogP contribution is 2.41. The van der Waals surface area contributed by atoms with Crippen LogP contribution in [0, 0.1) is 0 Å². The molecule has 9 aromatic rings. The fourth-order valence-corrected chi connectivity index (χ4v) is 8.07. The van der Waals surface area contributed by atoms with Gasteiger partial charge < -0.3 is 4.90 Å². The van der Waals surface area contributed by atoms with Crippen molar-refractivity contribution in [3.05, 3.63) is 194 Å². The van der Waals surface area contributed by atoms with E-state index in [1.165, 1.54) is 64.7 Å². The first-order valence-corrected chi connectivity index (χ1v) is 17.7. The van der Waals surface area contributed by atoms with Gasteiger partial charge in [0.2, 0.25) is 0 Å². The fourth-order valence-electron chi connectivity index (χ4n) is 6.86. The summed E-state index contributed by atoms with van der Waals surface area (Å²) in [5.74, 6) is 0. The third-order valence-corrected chi connectivity index (χ3v) is 10.6. The molecular weight excluding hydrogens is 625 g/mol. The lowest BCUT2D eigenvalue weighted by Crippen LogP contribution is -2.09. The van der Waals surface area contributed by atoms with Gasteiger partial charge in [-0.3, -0.25) is 4.98 Å². The van der Waals surface area contributed by atoms with Crippen molar-refractivity contribution in [2.75, 3.05) is 4.90 Å². The van der Waals surface area contributed by atoms with Crippen LogP contribution in [0.3, 0.4) is 0 Å². The predicted molar refractivity (Wildman–Crippen MR) is 214 cm³/mol. The fraction of sp³-hybridized carbons (Fsp3) is 0. The van der Waals surface area contributed by atoms with Crippen molar-refractivity contribution in [2.45, 2.75) is 0 Å². The second-order valence-electron chi connectivity index (χ2n) is 12.4. The molecule has 0 spiro atoms. The number of hydrogen-bond acceptors (Lipinski definition) is 3. The third kappa shape index (κ3) is 5.64. The van der Waals surface area contributed by atoms with Crippen molar-refractivity contribution in [3.8, 4) is 44.5 Å². The Morgan fingerprint density at radius 2 is 0.860 bits per heavy atom. The van der Waals surface area contributed by atoms with Gasteiger partial charge in [0.25, 0.3) is 0 Å². The largest absolute Gasteiger partial charge is 0.311 e. The molecule has 0 N–H and O–H groups in total. The van der Waals surface area contributed by atoms with E-state index in [-0.39, 0.29) is 0 Å². The van der Waals surface area contributed by atoms with Crippen LogP contribution < -0.4 is 4.90 Å². The summed E-state index contributed by atoms with van der Waals surface area (Å²) in [7, 11) is 0. The molecule has 0 bridgehead atoms. The topological polar surface area (TPSA) is 16.1 Å². The van der Waals surface area contributed by atoms with Gasteiger partial charge in [-0.25, -0.2) is 0 Å². The Bertz CT molecular complexity index is 2470. The van der Waals surface area contributed by atoms with Crippen LogP contribution in [0.2, 0.25) is 0 Å². The molecule has 0 saturated heterocycles. The molecule has 0 aliphatic carbocycles. The van der Waals surface area contributed by atoms with E-state index < -0.39 is 0 Å². The van der Waals surface area contributed by atoms with Crippen molar-refractivity contribution in [1.29, 1.82) is 0 Å². The van der Waals surface area contributed by atoms with Gasteiger partial charge in [-0.15, -0.1) is 11.3 Å². The van der Waals surface area contributed by atoms with E-state index in [4.69, 9.17) is 0 Å². The predicted octanol–water partition coefficient (Wildman–Crippen LogP) is 13.6. The first-order chi connectivity index (χ1) is 24.8. The van der Waals surface area contributed by atoms with Gasteiger partial charge in [0, 0.05) is 44.9 Å². The number of hydrogen-bond donors (Lipinski definition) is 0.